The summed E-state index contributed by atoms with van der Waals surface area (Å²) in [5.74, 6) is -1.13. The maximum absolute atomic E-state index is 11.0. The minimum Gasteiger partial charge on any atom is -0.478 e. The molecule has 0 heterocycles. The molecule has 0 bridgehead atoms. The average molecular weight is 419 g/mol. The summed E-state index contributed by atoms with van der Waals surface area (Å²) in [5, 5.41) is 22.9. The van der Waals surface area contributed by atoms with E-state index in [1.807, 2.05) is 22.6 Å². The van der Waals surface area contributed by atoms with Gasteiger partial charge in [-0.05, 0) is 52.9 Å². The van der Waals surface area contributed by atoms with Crippen LogP contribution in [-0.2, 0) is 0 Å². The molecule has 0 amide bonds. The number of carbonyl (C=O) groups is 1. The van der Waals surface area contributed by atoms with Crippen molar-refractivity contribution in [3.63, 3.8) is 0 Å². The first kappa shape index (κ1) is 15.5. The Kier molecular flexibility index (Phi) is 4.63. The standard InChI is InChI=1S/C13H8ClIN2O4/c14-10-6-8(2-3-9(10)13(18)19)16-11-4-1-7(15)5-12(11)17(20)21/h1-6,16H,(H,18,19). The van der Waals surface area contributed by atoms with Crippen molar-refractivity contribution in [3.05, 3.63) is 60.7 Å². The molecule has 0 aliphatic heterocycles. The Bertz CT molecular complexity index is 736. The number of nitrogens with zero attached hydrogens (tertiary/aromatic N) is 1. The van der Waals surface area contributed by atoms with Gasteiger partial charge < -0.3 is 10.4 Å². The van der Waals surface area contributed by atoms with E-state index in [0.717, 1.165) is 3.57 Å². The molecule has 2 aromatic carbocycles. The van der Waals surface area contributed by atoms with Crippen LogP contribution in [0.15, 0.2) is 36.4 Å². The summed E-state index contributed by atoms with van der Waals surface area (Å²) in [6, 6.07) is 8.99. The lowest BCUT2D eigenvalue weighted by atomic mass is 10.2. The lowest BCUT2D eigenvalue weighted by Gasteiger charge is -2.09. The van der Waals surface area contributed by atoms with Gasteiger partial charge in [0.2, 0.25) is 0 Å². The van der Waals surface area contributed by atoms with Gasteiger partial charge >= 0.3 is 5.97 Å². The van der Waals surface area contributed by atoms with Gasteiger partial charge in [0.1, 0.15) is 5.69 Å². The Morgan fingerprint density at radius 3 is 2.57 bits per heavy atom. The Balaban J connectivity index is 2.37. The second-order valence-corrected chi connectivity index (χ2v) is 5.70. The van der Waals surface area contributed by atoms with Crippen LogP contribution in [0.1, 0.15) is 10.4 Å². The number of anilines is 2. The van der Waals surface area contributed by atoms with Gasteiger partial charge in [0, 0.05) is 15.3 Å². The Labute approximate surface area is 138 Å². The first-order valence-corrected chi connectivity index (χ1v) is 7.08. The third-order valence-corrected chi connectivity index (χ3v) is 3.62. The highest BCUT2D eigenvalue weighted by Crippen LogP contribution is 2.30. The molecular formula is C13H8ClIN2O4. The Hall–Kier alpha value is -1.87. The molecule has 0 spiro atoms. The molecule has 6 nitrogen and oxygen atoms in total. The summed E-state index contributed by atoms with van der Waals surface area (Å²) >= 11 is 7.85. The number of aromatic carboxylic acids is 1. The summed E-state index contributed by atoms with van der Waals surface area (Å²) in [6.07, 6.45) is 0. The van der Waals surface area contributed by atoms with Crippen molar-refractivity contribution in [1.82, 2.24) is 0 Å². The van der Waals surface area contributed by atoms with E-state index in [4.69, 9.17) is 16.7 Å². The molecule has 0 saturated carbocycles. The first-order valence-electron chi connectivity index (χ1n) is 5.62. The number of nitrogens with one attached hydrogen (secondary N) is 1. The van der Waals surface area contributed by atoms with Crippen molar-refractivity contribution >= 4 is 57.2 Å². The van der Waals surface area contributed by atoms with Crippen LogP contribution in [0.25, 0.3) is 0 Å². The molecule has 2 N–H and O–H groups in total. The number of nitro benzene ring substituents is 1. The van der Waals surface area contributed by atoms with Gasteiger partial charge in [-0.15, -0.1) is 0 Å². The lowest BCUT2D eigenvalue weighted by molar-refractivity contribution is -0.384. The summed E-state index contributed by atoms with van der Waals surface area (Å²) in [5.41, 5.74) is 0.675. The van der Waals surface area contributed by atoms with E-state index in [-0.39, 0.29) is 16.3 Å². The van der Waals surface area contributed by atoms with E-state index in [0.29, 0.717) is 11.4 Å². The molecule has 0 atom stereocenters. The minimum absolute atomic E-state index is 0.0284. The minimum atomic E-state index is -1.13. The quantitative estimate of drug-likeness (QED) is 0.439. The molecule has 2 aromatic rings. The lowest BCUT2D eigenvalue weighted by Crippen LogP contribution is -2.00. The van der Waals surface area contributed by atoms with E-state index < -0.39 is 10.9 Å². The molecule has 8 heteroatoms. The van der Waals surface area contributed by atoms with Crippen molar-refractivity contribution in [1.29, 1.82) is 0 Å². The van der Waals surface area contributed by atoms with Gasteiger partial charge in [-0.3, -0.25) is 10.1 Å². The number of halogens is 2. The highest BCUT2D eigenvalue weighted by Gasteiger charge is 2.15. The van der Waals surface area contributed by atoms with Crippen LogP contribution in [-0.4, -0.2) is 16.0 Å². The third-order valence-electron chi connectivity index (χ3n) is 2.63. The fraction of sp³-hybridized carbons (Fsp3) is 0. The molecule has 2 rings (SSSR count). The monoisotopic (exact) mass is 418 g/mol. The van der Waals surface area contributed by atoms with Gasteiger partial charge in [0.15, 0.2) is 0 Å². The fourth-order valence-electron chi connectivity index (χ4n) is 1.68. The molecule has 0 radical (unpaired) electrons. The molecule has 0 aliphatic carbocycles. The second kappa shape index (κ2) is 6.27. The van der Waals surface area contributed by atoms with Crippen molar-refractivity contribution in [3.8, 4) is 0 Å². The predicted molar refractivity (Wildman–Crippen MR) is 87.5 cm³/mol. The van der Waals surface area contributed by atoms with Crippen molar-refractivity contribution in [2.24, 2.45) is 0 Å². The topological polar surface area (TPSA) is 92.5 Å². The van der Waals surface area contributed by atoms with Gasteiger partial charge in [0.05, 0.1) is 15.5 Å². The molecule has 0 fully saturated rings. The summed E-state index contributed by atoms with van der Waals surface area (Å²) < 4.78 is 0.740. The van der Waals surface area contributed by atoms with Gasteiger partial charge in [0.25, 0.3) is 5.69 Å². The Morgan fingerprint density at radius 2 is 2.00 bits per heavy atom. The van der Waals surface area contributed by atoms with Crippen molar-refractivity contribution in [2.75, 3.05) is 5.32 Å². The number of carboxylic acid groups (broad SMARTS) is 1. The zero-order chi connectivity index (χ0) is 15.6. The third kappa shape index (κ3) is 3.61. The summed E-state index contributed by atoms with van der Waals surface area (Å²) in [6.45, 7) is 0. The molecule has 0 unspecified atom stereocenters. The highest BCUT2D eigenvalue weighted by molar-refractivity contribution is 14.1. The zero-order valence-electron chi connectivity index (χ0n) is 10.3. The number of rotatable bonds is 4. The smallest absolute Gasteiger partial charge is 0.337 e. The molecular weight excluding hydrogens is 411 g/mol. The van der Waals surface area contributed by atoms with Crippen LogP contribution in [0, 0.1) is 13.7 Å². The second-order valence-electron chi connectivity index (χ2n) is 4.04. The predicted octanol–water partition coefficient (Wildman–Crippen LogP) is 4.29. The fourth-order valence-corrected chi connectivity index (χ4v) is 2.42. The maximum Gasteiger partial charge on any atom is 0.337 e. The number of hydrogen-bond donors (Lipinski definition) is 2. The van der Waals surface area contributed by atoms with E-state index in [2.05, 4.69) is 5.32 Å². The van der Waals surface area contributed by atoms with E-state index >= 15 is 0 Å². The van der Waals surface area contributed by atoms with Crippen LogP contribution in [0.4, 0.5) is 17.1 Å². The van der Waals surface area contributed by atoms with Crippen LogP contribution < -0.4 is 5.32 Å². The van der Waals surface area contributed by atoms with Crippen LogP contribution in [0.2, 0.25) is 5.02 Å². The normalized spacial score (nSPS) is 10.2. The zero-order valence-corrected chi connectivity index (χ0v) is 13.3. The van der Waals surface area contributed by atoms with Crippen LogP contribution >= 0.6 is 34.2 Å². The number of carboxylic acids is 1. The molecule has 21 heavy (non-hydrogen) atoms. The van der Waals surface area contributed by atoms with Crippen molar-refractivity contribution < 1.29 is 14.8 Å². The highest BCUT2D eigenvalue weighted by atomic mass is 127. The van der Waals surface area contributed by atoms with Crippen LogP contribution in [0.5, 0.6) is 0 Å². The molecule has 108 valence electrons. The van der Waals surface area contributed by atoms with Gasteiger partial charge in [-0.1, -0.05) is 11.6 Å². The number of nitro groups is 1. The SMILES string of the molecule is O=C(O)c1ccc(Nc2ccc(I)cc2[N+](=O)[O-])cc1Cl. The summed E-state index contributed by atoms with van der Waals surface area (Å²) in [4.78, 5) is 21.4. The number of benzene rings is 2. The molecule has 0 aromatic heterocycles. The average Bonchev–Trinajstić information content (AvgIpc) is 2.40. The van der Waals surface area contributed by atoms with E-state index in [1.54, 1.807) is 12.1 Å². The van der Waals surface area contributed by atoms with E-state index in [9.17, 15) is 14.9 Å². The first-order chi connectivity index (χ1) is 9.88. The summed E-state index contributed by atoms with van der Waals surface area (Å²) in [7, 11) is 0. The number of hydrogen-bond acceptors (Lipinski definition) is 4. The van der Waals surface area contributed by atoms with E-state index in [1.165, 1.54) is 24.3 Å². The van der Waals surface area contributed by atoms with Crippen LogP contribution in [0.3, 0.4) is 0 Å². The Morgan fingerprint density at radius 1 is 1.29 bits per heavy atom. The van der Waals surface area contributed by atoms with Crippen molar-refractivity contribution in [2.45, 2.75) is 0 Å². The van der Waals surface area contributed by atoms with Gasteiger partial charge in [-0.25, -0.2) is 4.79 Å². The largest absolute Gasteiger partial charge is 0.478 e. The molecule has 0 aliphatic rings. The molecule has 0 saturated heterocycles. The van der Waals surface area contributed by atoms with Gasteiger partial charge in [-0.2, -0.15) is 0 Å². The maximum atomic E-state index is 11.0.